The molecule has 2 aromatic carbocycles. The Kier molecular flexibility index (Phi) is 4.78. The van der Waals surface area contributed by atoms with Crippen molar-refractivity contribution in [2.75, 3.05) is 0 Å². The van der Waals surface area contributed by atoms with Gasteiger partial charge in [0.05, 0.1) is 0 Å². The molecule has 0 atom stereocenters. The summed E-state index contributed by atoms with van der Waals surface area (Å²) >= 11 is 0. The zero-order valence-corrected chi connectivity index (χ0v) is 11.4. The summed E-state index contributed by atoms with van der Waals surface area (Å²) in [6, 6.07) is 11.7. The van der Waals surface area contributed by atoms with Crippen molar-refractivity contribution in [3.8, 4) is 11.5 Å². The minimum Gasteiger partial charge on any atom is -0.508 e. The van der Waals surface area contributed by atoms with Gasteiger partial charge < -0.3 is 10.2 Å². The normalized spacial score (nSPS) is 9.56. The third kappa shape index (κ3) is 3.81. The van der Waals surface area contributed by atoms with E-state index in [0.717, 1.165) is 5.56 Å². The van der Waals surface area contributed by atoms with Gasteiger partial charge >= 0.3 is 0 Å². The minimum absolute atomic E-state index is 0.142. The standard InChI is InChI=1S/C8H10O2.C8H10/c1-5-3-4-7(9)6(2)8(5)10;1-7-3-5-8(2)6-4-7/h3-4,9-10H,1-2H3;3-6H,1-2H3. The molecule has 0 amide bonds. The predicted molar refractivity (Wildman–Crippen MR) is 75.2 cm³/mol. The van der Waals surface area contributed by atoms with Crippen molar-refractivity contribution in [2.45, 2.75) is 27.7 Å². The van der Waals surface area contributed by atoms with Crippen LogP contribution in [-0.2, 0) is 0 Å². The Morgan fingerprint density at radius 1 is 0.667 bits per heavy atom. The number of aryl methyl sites for hydroxylation is 3. The predicted octanol–water partition coefficient (Wildman–Crippen LogP) is 4.02. The molecule has 2 rings (SSSR count). The van der Waals surface area contributed by atoms with Gasteiger partial charge in [-0.1, -0.05) is 41.5 Å². The van der Waals surface area contributed by atoms with Crippen molar-refractivity contribution in [3.63, 3.8) is 0 Å². The molecule has 2 N–H and O–H groups in total. The van der Waals surface area contributed by atoms with Gasteiger partial charge in [0.1, 0.15) is 11.5 Å². The molecule has 0 aliphatic heterocycles. The van der Waals surface area contributed by atoms with E-state index < -0.39 is 0 Å². The lowest BCUT2D eigenvalue weighted by atomic mass is 10.1. The van der Waals surface area contributed by atoms with E-state index in [4.69, 9.17) is 5.11 Å². The van der Waals surface area contributed by atoms with Gasteiger partial charge in [-0.2, -0.15) is 0 Å². The van der Waals surface area contributed by atoms with Crippen molar-refractivity contribution in [1.82, 2.24) is 0 Å². The number of phenolic OH excluding ortho intramolecular Hbond substituents is 2. The Balaban J connectivity index is 0.000000184. The monoisotopic (exact) mass is 244 g/mol. The van der Waals surface area contributed by atoms with E-state index in [9.17, 15) is 5.11 Å². The van der Waals surface area contributed by atoms with Gasteiger partial charge in [0.25, 0.3) is 0 Å². The summed E-state index contributed by atoms with van der Waals surface area (Å²) in [5.41, 5.74) is 3.99. The lowest BCUT2D eigenvalue weighted by Gasteiger charge is -2.03. The van der Waals surface area contributed by atoms with Gasteiger partial charge in [-0.25, -0.2) is 0 Å². The van der Waals surface area contributed by atoms with E-state index in [1.807, 2.05) is 0 Å². The Bertz CT molecular complexity index is 465. The summed E-state index contributed by atoms with van der Waals surface area (Å²) < 4.78 is 0. The molecule has 96 valence electrons. The highest BCUT2D eigenvalue weighted by Gasteiger charge is 2.02. The Hall–Kier alpha value is -1.96. The molecule has 2 nitrogen and oxygen atoms in total. The second-order valence-corrected chi connectivity index (χ2v) is 4.53. The van der Waals surface area contributed by atoms with E-state index in [0.29, 0.717) is 5.56 Å². The number of hydrogen-bond acceptors (Lipinski definition) is 2. The van der Waals surface area contributed by atoms with Crippen LogP contribution in [0.5, 0.6) is 11.5 Å². The fourth-order valence-corrected chi connectivity index (χ4v) is 1.46. The molecule has 0 saturated carbocycles. The van der Waals surface area contributed by atoms with Gasteiger partial charge in [0.2, 0.25) is 0 Å². The first-order valence-electron chi connectivity index (χ1n) is 5.93. The second-order valence-electron chi connectivity index (χ2n) is 4.53. The van der Waals surface area contributed by atoms with E-state index in [2.05, 4.69) is 38.1 Å². The summed E-state index contributed by atoms with van der Waals surface area (Å²) in [5, 5.41) is 18.3. The first-order valence-corrected chi connectivity index (χ1v) is 5.93. The molecule has 0 aliphatic carbocycles. The molecule has 2 aromatic rings. The van der Waals surface area contributed by atoms with Crippen LogP contribution >= 0.6 is 0 Å². The molecule has 0 aliphatic rings. The molecule has 0 spiro atoms. The van der Waals surface area contributed by atoms with Crippen molar-refractivity contribution in [3.05, 3.63) is 58.7 Å². The van der Waals surface area contributed by atoms with Crippen LogP contribution < -0.4 is 0 Å². The summed E-state index contributed by atoms with van der Waals surface area (Å²) in [7, 11) is 0. The Labute approximate surface area is 109 Å². The molecule has 0 aromatic heterocycles. The Morgan fingerprint density at radius 3 is 1.50 bits per heavy atom. The number of hydrogen-bond donors (Lipinski definition) is 2. The van der Waals surface area contributed by atoms with Gasteiger partial charge in [0.15, 0.2) is 0 Å². The zero-order valence-electron chi connectivity index (χ0n) is 11.4. The molecular weight excluding hydrogens is 224 g/mol. The van der Waals surface area contributed by atoms with Crippen molar-refractivity contribution < 1.29 is 10.2 Å². The van der Waals surface area contributed by atoms with E-state index in [1.54, 1.807) is 26.0 Å². The summed E-state index contributed by atoms with van der Waals surface area (Å²) in [6.45, 7) is 7.66. The van der Waals surface area contributed by atoms with E-state index >= 15 is 0 Å². The number of rotatable bonds is 0. The highest BCUT2D eigenvalue weighted by Crippen LogP contribution is 2.28. The molecule has 0 saturated heterocycles. The van der Waals surface area contributed by atoms with E-state index in [1.165, 1.54) is 11.1 Å². The summed E-state index contributed by atoms with van der Waals surface area (Å²) in [5.74, 6) is 0.322. The van der Waals surface area contributed by atoms with Crippen LogP contribution in [0.2, 0.25) is 0 Å². The van der Waals surface area contributed by atoms with Gasteiger partial charge in [-0.15, -0.1) is 0 Å². The first-order chi connectivity index (χ1) is 8.41. The van der Waals surface area contributed by atoms with Gasteiger partial charge in [-0.3, -0.25) is 0 Å². The van der Waals surface area contributed by atoms with Crippen LogP contribution in [0.4, 0.5) is 0 Å². The molecule has 0 radical (unpaired) electrons. The fourth-order valence-electron chi connectivity index (χ4n) is 1.46. The second kappa shape index (κ2) is 6.10. The Morgan fingerprint density at radius 2 is 1.11 bits per heavy atom. The molecule has 0 fully saturated rings. The minimum atomic E-state index is 0.142. The quantitative estimate of drug-likeness (QED) is 0.735. The number of benzene rings is 2. The topological polar surface area (TPSA) is 40.5 Å². The lowest BCUT2D eigenvalue weighted by molar-refractivity contribution is 0.440. The fraction of sp³-hybridized carbons (Fsp3) is 0.250. The van der Waals surface area contributed by atoms with Crippen LogP contribution in [-0.4, -0.2) is 10.2 Å². The average Bonchev–Trinajstić information content (AvgIpc) is 2.36. The van der Waals surface area contributed by atoms with Crippen LogP contribution in [0.3, 0.4) is 0 Å². The summed E-state index contributed by atoms with van der Waals surface area (Å²) in [4.78, 5) is 0. The third-order valence-corrected chi connectivity index (χ3v) is 2.82. The number of phenols is 2. The maximum absolute atomic E-state index is 9.23. The highest BCUT2D eigenvalue weighted by atomic mass is 16.3. The SMILES string of the molecule is Cc1ccc(C)cc1.Cc1ccc(O)c(C)c1O. The molecule has 0 bridgehead atoms. The third-order valence-electron chi connectivity index (χ3n) is 2.82. The van der Waals surface area contributed by atoms with Crippen molar-refractivity contribution in [1.29, 1.82) is 0 Å². The maximum Gasteiger partial charge on any atom is 0.125 e. The largest absolute Gasteiger partial charge is 0.508 e. The average molecular weight is 244 g/mol. The first kappa shape index (κ1) is 14.1. The lowest BCUT2D eigenvalue weighted by Crippen LogP contribution is -1.79. The van der Waals surface area contributed by atoms with Gasteiger partial charge in [-0.05, 0) is 39.3 Å². The van der Waals surface area contributed by atoms with Crippen LogP contribution in [0.25, 0.3) is 0 Å². The zero-order chi connectivity index (χ0) is 13.7. The smallest absolute Gasteiger partial charge is 0.125 e. The molecular formula is C16H20O2. The molecule has 18 heavy (non-hydrogen) atoms. The van der Waals surface area contributed by atoms with E-state index in [-0.39, 0.29) is 11.5 Å². The van der Waals surface area contributed by atoms with Crippen LogP contribution in [0.15, 0.2) is 36.4 Å². The van der Waals surface area contributed by atoms with Crippen molar-refractivity contribution in [2.24, 2.45) is 0 Å². The summed E-state index contributed by atoms with van der Waals surface area (Å²) in [6.07, 6.45) is 0. The highest BCUT2D eigenvalue weighted by molar-refractivity contribution is 5.46. The maximum atomic E-state index is 9.23. The molecule has 0 heterocycles. The molecule has 0 unspecified atom stereocenters. The van der Waals surface area contributed by atoms with Crippen LogP contribution in [0.1, 0.15) is 22.3 Å². The van der Waals surface area contributed by atoms with Crippen molar-refractivity contribution >= 4 is 0 Å². The van der Waals surface area contributed by atoms with Crippen LogP contribution in [0, 0.1) is 27.7 Å². The van der Waals surface area contributed by atoms with Gasteiger partial charge in [0, 0.05) is 5.56 Å². The number of aromatic hydroxyl groups is 2. The molecule has 2 heteroatoms.